The van der Waals surface area contributed by atoms with Crippen molar-refractivity contribution in [3.8, 4) is 22.8 Å². The van der Waals surface area contributed by atoms with E-state index in [1.807, 2.05) is 39.1 Å². The van der Waals surface area contributed by atoms with E-state index in [9.17, 15) is 0 Å². The van der Waals surface area contributed by atoms with Gasteiger partial charge in [-0.1, -0.05) is 0 Å². The van der Waals surface area contributed by atoms with Crippen LogP contribution < -0.4 is 14.4 Å². The van der Waals surface area contributed by atoms with Gasteiger partial charge in [-0.15, -0.1) is 0 Å². The lowest BCUT2D eigenvalue weighted by Crippen LogP contribution is -2.66. The molecule has 1 N–H and O–H groups in total. The minimum atomic E-state index is -0.230. The number of aromatic nitrogens is 5. The maximum atomic E-state index is 6.42. The summed E-state index contributed by atoms with van der Waals surface area (Å²) >= 11 is 0. The zero-order valence-electron chi connectivity index (χ0n) is 21.3. The lowest BCUT2D eigenvalue weighted by molar-refractivity contribution is -0.127. The Kier molecular flexibility index (Phi) is 5.33. The largest absolute Gasteiger partial charge is 0.493 e. The topological polar surface area (TPSA) is 98.3 Å². The summed E-state index contributed by atoms with van der Waals surface area (Å²) < 4.78 is 17.5. The Hall–Kier alpha value is -3.72. The molecule has 3 aromatic heterocycles. The van der Waals surface area contributed by atoms with Crippen molar-refractivity contribution in [3.05, 3.63) is 53.0 Å². The van der Waals surface area contributed by atoms with Crippen LogP contribution in [-0.2, 0) is 4.74 Å². The Morgan fingerprint density at radius 1 is 1.06 bits per heavy atom. The fraction of sp³-hybridized carbons (Fsp3) is 0.407. The lowest BCUT2D eigenvalue weighted by atomic mass is 9.78. The number of aromatic amines is 1. The van der Waals surface area contributed by atoms with E-state index in [1.54, 1.807) is 13.3 Å². The normalized spacial score (nSPS) is 17.1. The monoisotopic (exact) mass is 486 g/mol. The molecule has 2 saturated heterocycles. The number of benzene rings is 1. The zero-order chi connectivity index (χ0) is 25.0. The highest BCUT2D eigenvalue weighted by molar-refractivity contribution is 5.95. The first kappa shape index (κ1) is 22.7. The molecule has 2 aliphatic heterocycles. The van der Waals surface area contributed by atoms with E-state index in [-0.39, 0.29) is 6.10 Å². The van der Waals surface area contributed by atoms with Gasteiger partial charge in [-0.05, 0) is 51.0 Å². The molecule has 0 bridgehead atoms. The first-order valence-electron chi connectivity index (χ1n) is 12.2. The fourth-order valence-corrected chi connectivity index (χ4v) is 5.49. The lowest BCUT2D eigenvalue weighted by Gasteiger charge is -2.55. The molecule has 6 rings (SSSR count). The summed E-state index contributed by atoms with van der Waals surface area (Å²) in [7, 11) is 1.64. The smallest absolute Gasteiger partial charge is 0.162 e. The first-order valence-corrected chi connectivity index (χ1v) is 12.2. The third kappa shape index (κ3) is 3.65. The van der Waals surface area contributed by atoms with Crippen LogP contribution in [0.25, 0.3) is 22.2 Å². The van der Waals surface area contributed by atoms with Gasteiger partial charge in [0.15, 0.2) is 11.5 Å². The number of ether oxygens (including phenoxy) is 3. The third-order valence-electron chi connectivity index (χ3n) is 7.32. The van der Waals surface area contributed by atoms with Crippen molar-refractivity contribution in [1.29, 1.82) is 0 Å². The summed E-state index contributed by atoms with van der Waals surface area (Å²) in [6.07, 6.45) is 3.44. The van der Waals surface area contributed by atoms with Crippen LogP contribution in [0.5, 0.6) is 11.5 Å². The average molecular weight is 487 g/mol. The standard InChI is InChI=1S/C27H30N6O3/c1-15-6-19(10-28-26(15)33-11-27(12-33)13-35-14-27)25-20-7-23(22(34-5)8-21(20)31-32-25)36-18(4)24-16(2)9-29-30-17(24)3/h6-10,18H,11-14H2,1-5H3,(H,31,32)/t18-/m1/s1. The molecule has 0 aliphatic carbocycles. The van der Waals surface area contributed by atoms with Crippen molar-refractivity contribution in [3.63, 3.8) is 0 Å². The van der Waals surface area contributed by atoms with Gasteiger partial charge in [0.2, 0.25) is 0 Å². The quantitative estimate of drug-likeness (QED) is 0.430. The van der Waals surface area contributed by atoms with E-state index >= 15 is 0 Å². The van der Waals surface area contributed by atoms with E-state index in [0.29, 0.717) is 16.9 Å². The molecule has 5 heterocycles. The maximum absolute atomic E-state index is 6.42. The summed E-state index contributed by atoms with van der Waals surface area (Å²) in [5.41, 5.74) is 7.06. The number of nitrogens with zero attached hydrogens (tertiary/aromatic N) is 5. The second-order valence-corrected chi connectivity index (χ2v) is 10.1. The average Bonchev–Trinajstić information content (AvgIpc) is 3.20. The maximum Gasteiger partial charge on any atom is 0.162 e. The molecule has 9 nitrogen and oxygen atoms in total. The predicted octanol–water partition coefficient (Wildman–Crippen LogP) is 4.33. The van der Waals surface area contributed by atoms with Crippen molar-refractivity contribution in [2.45, 2.75) is 33.8 Å². The third-order valence-corrected chi connectivity index (χ3v) is 7.32. The number of rotatable bonds is 6. The zero-order valence-corrected chi connectivity index (χ0v) is 21.3. The number of hydrogen-bond acceptors (Lipinski definition) is 8. The molecule has 36 heavy (non-hydrogen) atoms. The molecule has 1 aromatic carbocycles. The Balaban J connectivity index is 1.32. The number of methoxy groups -OCH3 is 1. The van der Waals surface area contributed by atoms with Gasteiger partial charge in [0.25, 0.3) is 0 Å². The molecule has 1 atom stereocenters. The molecule has 186 valence electrons. The Morgan fingerprint density at radius 3 is 2.53 bits per heavy atom. The van der Waals surface area contributed by atoms with Crippen molar-refractivity contribution < 1.29 is 14.2 Å². The summed E-state index contributed by atoms with van der Waals surface area (Å²) in [6, 6.07) is 6.07. The van der Waals surface area contributed by atoms with Gasteiger partial charge in [0.1, 0.15) is 17.6 Å². The molecule has 0 radical (unpaired) electrons. The Bertz CT molecular complexity index is 1430. The molecule has 0 unspecified atom stereocenters. The van der Waals surface area contributed by atoms with E-state index in [0.717, 1.165) is 76.7 Å². The Morgan fingerprint density at radius 2 is 1.86 bits per heavy atom. The van der Waals surface area contributed by atoms with Crippen LogP contribution in [0.3, 0.4) is 0 Å². The van der Waals surface area contributed by atoms with Gasteiger partial charge < -0.3 is 19.1 Å². The Labute approximate surface area is 209 Å². The molecule has 4 aromatic rings. The molecule has 2 aliphatic rings. The van der Waals surface area contributed by atoms with E-state index in [2.05, 4.69) is 38.3 Å². The van der Waals surface area contributed by atoms with Gasteiger partial charge in [-0.25, -0.2) is 4.98 Å². The molecule has 0 saturated carbocycles. The predicted molar refractivity (Wildman–Crippen MR) is 137 cm³/mol. The number of hydrogen-bond donors (Lipinski definition) is 1. The molecule has 9 heteroatoms. The second kappa shape index (κ2) is 8.44. The van der Waals surface area contributed by atoms with Crippen molar-refractivity contribution in [2.24, 2.45) is 5.41 Å². The van der Waals surface area contributed by atoms with Crippen molar-refractivity contribution >= 4 is 16.7 Å². The van der Waals surface area contributed by atoms with Gasteiger partial charge in [-0.3, -0.25) is 5.10 Å². The number of pyridine rings is 1. The molecular weight excluding hydrogens is 456 g/mol. The number of H-pyrrole nitrogens is 1. The minimum Gasteiger partial charge on any atom is -0.493 e. The number of anilines is 1. The van der Waals surface area contributed by atoms with Crippen LogP contribution in [0, 0.1) is 26.2 Å². The van der Waals surface area contributed by atoms with E-state index in [4.69, 9.17) is 19.2 Å². The highest BCUT2D eigenvalue weighted by atomic mass is 16.5. The first-order chi connectivity index (χ1) is 17.4. The van der Waals surface area contributed by atoms with Crippen LogP contribution in [0.1, 0.15) is 35.4 Å². The van der Waals surface area contributed by atoms with Gasteiger partial charge in [0, 0.05) is 41.9 Å². The summed E-state index contributed by atoms with van der Waals surface area (Å²) in [6.45, 7) is 11.8. The van der Waals surface area contributed by atoms with Crippen molar-refractivity contribution in [2.75, 3.05) is 38.3 Å². The molecule has 2 fully saturated rings. The van der Waals surface area contributed by atoms with Gasteiger partial charge >= 0.3 is 0 Å². The SMILES string of the molecule is COc1cc2[nH]nc(-c3cnc(N4CC5(COC5)C4)c(C)c3)c2cc1O[C@H](C)c1c(C)cnnc1C. The van der Waals surface area contributed by atoms with Crippen LogP contribution in [-0.4, -0.2) is 58.8 Å². The van der Waals surface area contributed by atoms with Crippen LogP contribution >= 0.6 is 0 Å². The highest BCUT2D eigenvalue weighted by Crippen LogP contribution is 2.42. The number of aryl methyl sites for hydroxylation is 3. The number of fused-ring (bicyclic) bond motifs is 1. The summed E-state index contributed by atoms with van der Waals surface area (Å²) in [4.78, 5) is 7.15. The summed E-state index contributed by atoms with van der Waals surface area (Å²) in [5, 5.41) is 16.9. The molecular formula is C27H30N6O3. The number of nitrogens with one attached hydrogen (secondary N) is 1. The fourth-order valence-electron chi connectivity index (χ4n) is 5.49. The van der Waals surface area contributed by atoms with E-state index < -0.39 is 0 Å². The van der Waals surface area contributed by atoms with Crippen LogP contribution in [0.4, 0.5) is 5.82 Å². The molecule has 1 spiro atoms. The van der Waals surface area contributed by atoms with Gasteiger partial charge in [0.05, 0.1) is 43.1 Å². The van der Waals surface area contributed by atoms with Gasteiger partial charge in [-0.2, -0.15) is 15.3 Å². The molecule has 0 amide bonds. The summed E-state index contributed by atoms with van der Waals surface area (Å²) in [5.74, 6) is 2.32. The van der Waals surface area contributed by atoms with Crippen molar-refractivity contribution in [1.82, 2.24) is 25.4 Å². The highest BCUT2D eigenvalue weighted by Gasteiger charge is 2.49. The second-order valence-electron chi connectivity index (χ2n) is 10.1. The minimum absolute atomic E-state index is 0.230. The van der Waals surface area contributed by atoms with E-state index in [1.165, 1.54) is 0 Å². The van der Waals surface area contributed by atoms with Crippen LogP contribution in [0.2, 0.25) is 0 Å². The van der Waals surface area contributed by atoms with Crippen LogP contribution in [0.15, 0.2) is 30.6 Å².